The van der Waals surface area contributed by atoms with E-state index in [1.807, 2.05) is 30.5 Å². The molecule has 4 aromatic carbocycles. The summed E-state index contributed by atoms with van der Waals surface area (Å²) in [5.41, 5.74) is 7.69. The molecule has 0 radical (unpaired) electrons. The van der Waals surface area contributed by atoms with E-state index in [-0.39, 0.29) is 0 Å². The lowest BCUT2D eigenvalue weighted by molar-refractivity contribution is 0.669. The number of furan rings is 1. The number of nitrogens with zero attached hydrogens (tertiary/aromatic N) is 2. The maximum atomic E-state index is 6.22. The van der Waals surface area contributed by atoms with Crippen LogP contribution in [-0.4, -0.2) is 9.38 Å². The van der Waals surface area contributed by atoms with Crippen LogP contribution in [0.3, 0.4) is 0 Å². The molecule has 0 saturated heterocycles. The van der Waals surface area contributed by atoms with Gasteiger partial charge in [-0.15, -0.1) is 0 Å². The van der Waals surface area contributed by atoms with Gasteiger partial charge < -0.3 is 8.82 Å². The normalized spacial score (nSPS) is 12.4. The van der Waals surface area contributed by atoms with Crippen molar-refractivity contribution in [2.45, 2.75) is 0 Å². The largest absolute Gasteiger partial charge is 0.456 e. The Morgan fingerprint density at radius 3 is 2.31 bits per heavy atom. The fourth-order valence-electron chi connectivity index (χ4n) is 5.46. The van der Waals surface area contributed by atoms with Gasteiger partial charge in [-0.05, 0) is 42.5 Å². The van der Waals surface area contributed by atoms with Gasteiger partial charge in [-0.1, -0.05) is 48.5 Å². The first-order valence-corrected chi connectivity index (χ1v) is 10.8. The second-order valence-corrected chi connectivity index (χ2v) is 8.42. The predicted molar refractivity (Wildman–Crippen MR) is 132 cm³/mol. The Balaban J connectivity index is 1.63. The number of fused-ring (bicyclic) bond motifs is 10. The van der Waals surface area contributed by atoms with Crippen LogP contribution in [0.1, 0.15) is 0 Å². The molecule has 0 aliphatic rings. The number of para-hydroxylation sites is 2. The Morgan fingerprint density at radius 2 is 1.41 bits per heavy atom. The molecule has 0 N–H and O–H groups in total. The maximum Gasteiger partial charge on any atom is 0.137 e. The van der Waals surface area contributed by atoms with Crippen molar-refractivity contribution in [3.63, 3.8) is 0 Å². The summed E-state index contributed by atoms with van der Waals surface area (Å²) in [6, 6.07) is 32.0. The van der Waals surface area contributed by atoms with Crippen molar-refractivity contribution < 1.29 is 4.42 Å². The summed E-state index contributed by atoms with van der Waals surface area (Å²) in [6.45, 7) is 0. The second-order valence-electron chi connectivity index (χ2n) is 8.42. The summed E-state index contributed by atoms with van der Waals surface area (Å²) in [5.74, 6) is 0. The quantitative estimate of drug-likeness (QED) is 0.277. The summed E-state index contributed by atoms with van der Waals surface area (Å²) >= 11 is 0. The standard InChI is InChI=1S/C29H16N2O/c1-2-10-25-21(6-1)27-26(32-25)14-12-20-18-7-5-8-19-22-16-17(23-9-3-4-15-30-23)11-13-24(22)31(28(18)19)29(20)27/h1-16H. The number of aromatic nitrogens is 2. The molecule has 32 heavy (non-hydrogen) atoms. The molecule has 4 aromatic heterocycles. The lowest BCUT2D eigenvalue weighted by atomic mass is 10.0. The fourth-order valence-corrected chi connectivity index (χ4v) is 5.46. The Bertz CT molecular complexity index is 1980. The van der Waals surface area contributed by atoms with E-state index < -0.39 is 0 Å². The summed E-state index contributed by atoms with van der Waals surface area (Å²) in [4.78, 5) is 4.56. The molecule has 8 aromatic rings. The molecule has 3 nitrogen and oxygen atoms in total. The van der Waals surface area contributed by atoms with Crippen LogP contribution in [0.4, 0.5) is 0 Å². The highest BCUT2D eigenvalue weighted by atomic mass is 16.3. The van der Waals surface area contributed by atoms with Gasteiger partial charge in [0.2, 0.25) is 0 Å². The van der Waals surface area contributed by atoms with Crippen molar-refractivity contribution >= 4 is 60.0 Å². The highest BCUT2D eigenvalue weighted by molar-refractivity contribution is 6.30. The third kappa shape index (κ3) is 1.89. The zero-order valence-electron chi connectivity index (χ0n) is 17.0. The van der Waals surface area contributed by atoms with Gasteiger partial charge >= 0.3 is 0 Å². The fraction of sp³-hybridized carbons (Fsp3) is 0. The van der Waals surface area contributed by atoms with E-state index in [0.717, 1.165) is 27.8 Å². The molecule has 0 aliphatic carbocycles. The molecular weight excluding hydrogens is 392 g/mol. The van der Waals surface area contributed by atoms with Crippen molar-refractivity contribution in [2.75, 3.05) is 0 Å². The average Bonchev–Trinajstić information content (AvgIpc) is 3.50. The van der Waals surface area contributed by atoms with Crippen LogP contribution in [0.15, 0.2) is 102 Å². The Kier molecular flexibility index (Phi) is 2.89. The minimum Gasteiger partial charge on any atom is -0.456 e. The summed E-state index contributed by atoms with van der Waals surface area (Å²) in [6.07, 6.45) is 1.85. The molecule has 0 bridgehead atoms. The van der Waals surface area contributed by atoms with E-state index in [1.165, 1.54) is 43.5 Å². The first-order valence-electron chi connectivity index (χ1n) is 10.8. The number of rotatable bonds is 1. The SMILES string of the molecule is c1ccc(-c2ccc3c(c2)c2cccc4c5ccc6oc7ccccc7c6c5n3c24)nc1. The van der Waals surface area contributed by atoms with Gasteiger partial charge in [-0.3, -0.25) is 4.98 Å². The third-order valence-corrected chi connectivity index (χ3v) is 6.78. The van der Waals surface area contributed by atoms with Gasteiger partial charge in [0, 0.05) is 38.7 Å². The summed E-state index contributed by atoms with van der Waals surface area (Å²) in [7, 11) is 0. The van der Waals surface area contributed by atoms with Crippen molar-refractivity contribution in [1.29, 1.82) is 0 Å². The molecule has 0 unspecified atom stereocenters. The van der Waals surface area contributed by atoms with Gasteiger partial charge in [0.15, 0.2) is 0 Å². The highest BCUT2D eigenvalue weighted by Gasteiger charge is 2.21. The van der Waals surface area contributed by atoms with Crippen LogP contribution in [0.5, 0.6) is 0 Å². The number of benzene rings is 4. The average molecular weight is 408 g/mol. The molecule has 0 fully saturated rings. The van der Waals surface area contributed by atoms with Crippen molar-refractivity contribution in [3.8, 4) is 11.3 Å². The number of pyridine rings is 1. The van der Waals surface area contributed by atoms with Crippen LogP contribution in [0, 0.1) is 0 Å². The molecule has 8 rings (SSSR count). The van der Waals surface area contributed by atoms with Crippen molar-refractivity contribution in [2.24, 2.45) is 0 Å². The van der Waals surface area contributed by atoms with Gasteiger partial charge in [0.05, 0.1) is 27.6 Å². The lowest BCUT2D eigenvalue weighted by Gasteiger charge is -2.03. The van der Waals surface area contributed by atoms with Crippen LogP contribution >= 0.6 is 0 Å². The monoisotopic (exact) mass is 408 g/mol. The second kappa shape index (κ2) is 5.65. The minimum atomic E-state index is 0.928. The van der Waals surface area contributed by atoms with Gasteiger partial charge in [0.25, 0.3) is 0 Å². The molecule has 4 heterocycles. The molecular formula is C29H16N2O. The van der Waals surface area contributed by atoms with E-state index in [0.29, 0.717) is 0 Å². The van der Waals surface area contributed by atoms with E-state index in [2.05, 4.69) is 76.1 Å². The van der Waals surface area contributed by atoms with E-state index in [1.54, 1.807) is 0 Å². The van der Waals surface area contributed by atoms with Crippen LogP contribution in [-0.2, 0) is 0 Å². The van der Waals surface area contributed by atoms with Crippen molar-refractivity contribution in [1.82, 2.24) is 9.38 Å². The Morgan fingerprint density at radius 1 is 0.594 bits per heavy atom. The smallest absolute Gasteiger partial charge is 0.137 e. The molecule has 148 valence electrons. The summed E-state index contributed by atoms with van der Waals surface area (Å²) in [5, 5.41) is 7.41. The van der Waals surface area contributed by atoms with Crippen LogP contribution < -0.4 is 0 Å². The zero-order chi connectivity index (χ0) is 20.8. The minimum absolute atomic E-state index is 0.928. The predicted octanol–water partition coefficient (Wildman–Crippen LogP) is 7.80. The number of hydrogen-bond acceptors (Lipinski definition) is 2. The van der Waals surface area contributed by atoms with Crippen LogP contribution in [0.25, 0.3) is 71.3 Å². The topological polar surface area (TPSA) is 30.4 Å². The lowest BCUT2D eigenvalue weighted by Crippen LogP contribution is -1.84. The highest BCUT2D eigenvalue weighted by Crippen LogP contribution is 2.44. The third-order valence-electron chi connectivity index (χ3n) is 6.78. The van der Waals surface area contributed by atoms with Crippen molar-refractivity contribution in [3.05, 3.63) is 97.2 Å². The first kappa shape index (κ1) is 16.3. The molecule has 0 spiro atoms. The Labute approximate surface area is 182 Å². The van der Waals surface area contributed by atoms with E-state index in [4.69, 9.17) is 4.42 Å². The first-order chi connectivity index (χ1) is 15.9. The molecule has 3 heteroatoms. The van der Waals surface area contributed by atoms with Crippen LogP contribution in [0.2, 0.25) is 0 Å². The number of hydrogen-bond donors (Lipinski definition) is 0. The van der Waals surface area contributed by atoms with E-state index >= 15 is 0 Å². The maximum absolute atomic E-state index is 6.22. The zero-order valence-corrected chi connectivity index (χ0v) is 17.0. The van der Waals surface area contributed by atoms with Gasteiger partial charge in [-0.25, -0.2) is 0 Å². The van der Waals surface area contributed by atoms with Gasteiger partial charge in [0.1, 0.15) is 11.2 Å². The molecule has 0 amide bonds. The van der Waals surface area contributed by atoms with Gasteiger partial charge in [-0.2, -0.15) is 0 Å². The molecule has 0 saturated carbocycles. The van der Waals surface area contributed by atoms with E-state index in [9.17, 15) is 0 Å². The molecule has 0 aliphatic heterocycles. The summed E-state index contributed by atoms with van der Waals surface area (Å²) < 4.78 is 8.65. The Hall–Kier alpha value is -4.37. The molecule has 0 atom stereocenters.